The summed E-state index contributed by atoms with van der Waals surface area (Å²) in [6.45, 7) is 6.62. The number of likely N-dealkylation sites (tertiary alicyclic amines) is 1. The van der Waals surface area contributed by atoms with Gasteiger partial charge in [-0.2, -0.15) is 0 Å². The lowest BCUT2D eigenvalue weighted by atomic mass is 9.74. The second kappa shape index (κ2) is 14.8. The molecule has 1 spiro atoms. The number of amides is 3. The van der Waals surface area contributed by atoms with Gasteiger partial charge in [-0.3, -0.25) is 19.2 Å². The normalized spacial score (nSPS) is 31.5. The van der Waals surface area contributed by atoms with Gasteiger partial charge in [0.1, 0.15) is 29.8 Å². The molecule has 46 heavy (non-hydrogen) atoms. The Morgan fingerprint density at radius 1 is 1.09 bits per heavy atom. The number of cyclic esters (lactones) is 1. The molecule has 5 rings (SSSR count). The summed E-state index contributed by atoms with van der Waals surface area (Å²) in [7, 11) is 0. The fourth-order valence-corrected chi connectivity index (χ4v) is 8.12. The lowest BCUT2D eigenvalue weighted by Gasteiger charge is -2.39. The van der Waals surface area contributed by atoms with Crippen molar-refractivity contribution in [1.29, 1.82) is 0 Å². The Morgan fingerprint density at radius 3 is 2.54 bits per heavy atom. The number of rotatable bonds is 9. The molecule has 2 saturated heterocycles. The molecule has 1 aromatic carbocycles. The molecule has 5 bridgehead atoms. The molecule has 2 fully saturated rings. The van der Waals surface area contributed by atoms with Gasteiger partial charge < -0.3 is 29.7 Å². The minimum Gasteiger partial charge on any atom is -0.455 e. The van der Waals surface area contributed by atoms with Crippen LogP contribution in [0.3, 0.4) is 0 Å². The van der Waals surface area contributed by atoms with Crippen LogP contribution in [-0.2, 0) is 28.7 Å². The zero-order valence-corrected chi connectivity index (χ0v) is 28.5. The molecule has 250 valence electrons. The van der Waals surface area contributed by atoms with Crippen molar-refractivity contribution >= 4 is 39.6 Å². The summed E-state index contributed by atoms with van der Waals surface area (Å²) in [5.41, 5.74) is -0.710. The van der Waals surface area contributed by atoms with Gasteiger partial charge in [0, 0.05) is 24.0 Å². The van der Waals surface area contributed by atoms with Crippen molar-refractivity contribution in [1.82, 2.24) is 15.1 Å². The summed E-state index contributed by atoms with van der Waals surface area (Å²) in [4.78, 5) is 59.6. The van der Waals surface area contributed by atoms with Gasteiger partial charge >= 0.3 is 5.97 Å². The van der Waals surface area contributed by atoms with Gasteiger partial charge in [0.2, 0.25) is 17.7 Å². The van der Waals surface area contributed by atoms with E-state index in [0.717, 1.165) is 19.3 Å². The van der Waals surface area contributed by atoms with Crippen molar-refractivity contribution < 1.29 is 33.8 Å². The summed E-state index contributed by atoms with van der Waals surface area (Å²) >= 11 is 3.60. The van der Waals surface area contributed by atoms with Crippen LogP contribution in [0.4, 0.5) is 0 Å². The van der Waals surface area contributed by atoms with Crippen molar-refractivity contribution in [2.75, 3.05) is 26.2 Å². The number of halogens is 1. The number of aliphatic hydroxyl groups excluding tert-OH is 1. The number of allylic oxidation sites excluding steroid dienone is 1. The Bertz CT molecular complexity index is 1350. The van der Waals surface area contributed by atoms with Gasteiger partial charge in [-0.1, -0.05) is 92.0 Å². The van der Waals surface area contributed by atoms with Crippen molar-refractivity contribution in [3.05, 3.63) is 58.6 Å². The van der Waals surface area contributed by atoms with E-state index in [2.05, 4.69) is 28.2 Å². The highest BCUT2D eigenvalue weighted by atomic mass is 79.9. The zero-order chi connectivity index (χ0) is 33.0. The van der Waals surface area contributed by atoms with Crippen LogP contribution in [0.1, 0.15) is 71.0 Å². The monoisotopic (exact) mass is 699 g/mol. The number of aliphatic hydroxyl groups is 1. The van der Waals surface area contributed by atoms with Crippen LogP contribution >= 0.6 is 15.9 Å². The highest BCUT2D eigenvalue weighted by Crippen LogP contribution is 2.59. The summed E-state index contributed by atoms with van der Waals surface area (Å²) < 4.78 is 13.3. The molecular formula is C35H46BrN3O7. The molecule has 2 N–H and O–H groups in total. The Hall–Kier alpha value is -3.02. The Balaban J connectivity index is 1.60. The molecule has 0 aromatic heterocycles. The lowest BCUT2D eigenvalue weighted by molar-refractivity contribution is -0.160. The van der Waals surface area contributed by atoms with E-state index < -0.39 is 53.6 Å². The molecule has 4 aliphatic rings. The predicted octanol–water partition coefficient (Wildman–Crippen LogP) is 4.04. The van der Waals surface area contributed by atoms with Crippen LogP contribution < -0.4 is 5.32 Å². The van der Waals surface area contributed by atoms with E-state index in [1.54, 1.807) is 11.0 Å². The molecule has 11 heteroatoms. The van der Waals surface area contributed by atoms with Gasteiger partial charge in [0.15, 0.2) is 0 Å². The molecule has 4 aliphatic heterocycles. The highest BCUT2D eigenvalue weighted by Gasteiger charge is 2.75. The molecule has 7 atom stereocenters. The fraction of sp³-hybridized carbons (Fsp3) is 0.600. The number of ether oxygens (including phenoxy) is 2. The molecule has 10 nitrogen and oxygen atoms in total. The molecule has 0 saturated carbocycles. The molecule has 1 aromatic rings. The number of esters is 1. The zero-order valence-electron chi connectivity index (χ0n) is 26.9. The van der Waals surface area contributed by atoms with Crippen LogP contribution in [0.15, 0.2) is 53.0 Å². The van der Waals surface area contributed by atoms with Gasteiger partial charge in [-0.05, 0) is 36.8 Å². The predicted molar refractivity (Wildman–Crippen MR) is 175 cm³/mol. The molecule has 0 unspecified atom stereocenters. The van der Waals surface area contributed by atoms with Crippen molar-refractivity contribution in [2.45, 2.75) is 89.2 Å². The Kier molecular flexibility index (Phi) is 11.1. The van der Waals surface area contributed by atoms with Gasteiger partial charge in [-0.15, -0.1) is 0 Å². The lowest BCUT2D eigenvalue weighted by Crippen LogP contribution is -2.58. The number of benzene rings is 1. The first kappa shape index (κ1) is 34.3. The van der Waals surface area contributed by atoms with Crippen LogP contribution in [0, 0.1) is 17.8 Å². The highest BCUT2D eigenvalue weighted by molar-refractivity contribution is 9.11. The van der Waals surface area contributed by atoms with E-state index in [4.69, 9.17) is 9.47 Å². The Labute approximate surface area is 279 Å². The first-order chi connectivity index (χ1) is 22.1. The van der Waals surface area contributed by atoms with Gasteiger partial charge in [0.25, 0.3) is 0 Å². The van der Waals surface area contributed by atoms with Crippen LogP contribution in [0.5, 0.6) is 0 Å². The van der Waals surface area contributed by atoms with Crippen molar-refractivity contribution in [3.8, 4) is 0 Å². The molecular weight excluding hydrogens is 654 g/mol. The second-order valence-electron chi connectivity index (χ2n) is 13.2. The number of unbranched alkanes of at least 4 members (excludes halogenated alkanes) is 2. The van der Waals surface area contributed by atoms with E-state index in [1.807, 2.05) is 56.3 Å². The standard InChI is InChI=1S/C35H46BrN3O7/c1-4-5-11-16-38-17-12-7-10-15-27(41)37-20-26(23-13-8-6-9-14-23)45-34(44)28-29-32(42)39(24(21-40)18-22(2)3)31(33(38)43)35(29)19-25(36)30(28)46-35/h6-9,12-14,19,22,24,26,28-31,40H,4-5,10-11,15-18,20-21H2,1-3H3,(H,37,41)/b12-7-/t24-,26-,28-,29+,30-,31-,35+/m1/s1. The summed E-state index contributed by atoms with van der Waals surface area (Å²) in [6, 6.07) is 7.45. The molecule has 3 amide bonds. The third-order valence-corrected chi connectivity index (χ3v) is 10.2. The van der Waals surface area contributed by atoms with Crippen LogP contribution in [0.2, 0.25) is 0 Å². The number of nitrogens with one attached hydrogen (secondary N) is 1. The molecule has 4 heterocycles. The number of nitrogens with zero attached hydrogens (tertiary/aromatic N) is 2. The number of hydrogen-bond donors (Lipinski definition) is 2. The van der Waals surface area contributed by atoms with E-state index in [0.29, 0.717) is 36.0 Å². The number of carbonyl (C=O) groups excluding carboxylic acids is 4. The Morgan fingerprint density at radius 2 is 1.85 bits per heavy atom. The maximum Gasteiger partial charge on any atom is 0.313 e. The van der Waals surface area contributed by atoms with Gasteiger partial charge in [-0.25, -0.2) is 0 Å². The second-order valence-corrected chi connectivity index (χ2v) is 14.1. The van der Waals surface area contributed by atoms with Gasteiger partial charge in [0.05, 0.1) is 25.1 Å². The SMILES string of the molecule is CCCCCN1C/C=C\CCC(=O)NC[C@H](c2ccccc2)OC(=O)[C@H]2[C@@H]3O[C@@]4(C=C3Br)[C@@H]2C(=O)N([C@@H](CO)CC(C)C)[C@@H]4C1=O. The third kappa shape index (κ3) is 6.69. The quantitative estimate of drug-likeness (QED) is 0.227. The summed E-state index contributed by atoms with van der Waals surface area (Å²) in [5.74, 6) is -3.41. The largest absolute Gasteiger partial charge is 0.455 e. The maximum absolute atomic E-state index is 14.8. The average Bonchev–Trinajstić information content (AvgIpc) is 3.63. The molecule has 0 aliphatic carbocycles. The number of hydrogen-bond acceptors (Lipinski definition) is 7. The number of carbonyl (C=O) groups is 4. The minimum atomic E-state index is -1.41. The van der Waals surface area contributed by atoms with E-state index in [-0.39, 0.29) is 37.3 Å². The minimum absolute atomic E-state index is 0.0662. The van der Waals surface area contributed by atoms with Crippen molar-refractivity contribution in [3.63, 3.8) is 0 Å². The molecule has 0 radical (unpaired) electrons. The third-order valence-electron chi connectivity index (χ3n) is 9.51. The maximum atomic E-state index is 14.8. The van der Waals surface area contributed by atoms with Crippen LogP contribution in [0.25, 0.3) is 0 Å². The average molecular weight is 701 g/mol. The number of fused-ring (bicyclic) bond motifs is 2. The topological polar surface area (TPSA) is 125 Å². The first-order valence-electron chi connectivity index (χ1n) is 16.6. The van der Waals surface area contributed by atoms with Crippen LogP contribution in [-0.4, -0.2) is 88.6 Å². The van der Waals surface area contributed by atoms with E-state index in [9.17, 15) is 24.3 Å². The summed E-state index contributed by atoms with van der Waals surface area (Å²) in [6.07, 6.45) is 7.85. The van der Waals surface area contributed by atoms with Crippen molar-refractivity contribution in [2.24, 2.45) is 17.8 Å². The fourth-order valence-electron chi connectivity index (χ4n) is 7.38. The van der Waals surface area contributed by atoms with E-state index >= 15 is 0 Å². The first-order valence-corrected chi connectivity index (χ1v) is 17.4. The summed E-state index contributed by atoms with van der Waals surface area (Å²) in [5, 5.41) is 13.5. The smallest absolute Gasteiger partial charge is 0.313 e. The van der Waals surface area contributed by atoms with E-state index in [1.165, 1.54) is 4.90 Å².